The maximum Gasteiger partial charge on any atom is 0.326 e. The maximum absolute atomic E-state index is 13.5. The van der Waals surface area contributed by atoms with Gasteiger partial charge in [0.2, 0.25) is 11.8 Å². The Labute approximate surface area is 186 Å². The van der Waals surface area contributed by atoms with Gasteiger partial charge in [0.05, 0.1) is 17.7 Å². The molecular weight excluding hydrogens is 408 g/mol. The molecule has 2 aromatic carbocycles. The second-order valence-electron chi connectivity index (χ2n) is 8.05. The summed E-state index contributed by atoms with van der Waals surface area (Å²) in [6, 6.07) is 15.4. The molecule has 2 aromatic rings. The number of carbonyl (C=O) groups is 3. The Morgan fingerprint density at radius 3 is 2.56 bits per heavy atom. The van der Waals surface area contributed by atoms with Crippen molar-refractivity contribution in [3.63, 3.8) is 0 Å². The first-order valence-corrected chi connectivity index (χ1v) is 10.4. The molecule has 1 aliphatic rings. The topological polar surface area (TPSA) is 137 Å². The lowest BCUT2D eigenvalue weighted by atomic mass is 9.96. The lowest BCUT2D eigenvalue weighted by molar-refractivity contribution is -0.149. The monoisotopic (exact) mass is 434 g/mol. The van der Waals surface area contributed by atoms with E-state index < -0.39 is 35.9 Å². The number of aliphatic carboxylic acids is 1. The highest BCUT2D eigenvalue weighted by Crippen LogP contribution is 2.32. The molecule has 0 spiro atoms. The first-order chi connectivity index (χ1) is 15.3. The minimum atomic E-state index is -1.08. The van der Waals surface area contributed by atoms with Crippen molar-refractivity contribution in [2.45, 2.75) is 43.8 Å². The van der Waals surface area contributed by atoms with Crippen LogP contribution >= 0.6 is 0 Å². The van der Waals surface area contributed by atoms with Gasteiger partial charge in [-0.3, -0.25) is 9.59 Å². The molecule has 0 radical (unpaired) electrons. The van der Waals surface area contributed by atoms with Crippen LogP contribution in [0.3, 0.4) is 0 Å². The Kier molecular flexibility index (Phi) is 7.23. The fraction of sp³-hybridized carbons (Fsp3) is 0.333. The first-order valence-electron chi connectivity index (χ1n) is 10.4. The number of hydrogen-bond donors (Lipinski definition) is 3. The molecule has 3 rings (SSSR count). The summed E-state index contributed by atoms with van der Waals surface area (Å²) in [5.74, 6) is -2.19. The van der Waals surface area contributed by atoms with Gasteiger partial charge in [0, 0.05) is 18.9 Å². The van der Waals surface area contributed by atoms with Gasteiger partial charge in [0.25, 0.3) is 0 Å². The molecule has 0 bridgehead atoms. The van der Waals surface area contributed by atoms with Crippen LogP contribution in [-0.2, 0) is 20.8 Å². The Morgan fingerprint density at radius 2 is 1.94 bits per heavy atom. The van der Waals surface area contributed by atoms with E-state index in [4.69, 9.17) is 11.0 Å². The van der Waals surface area contributed by atoms with Gasteiger partial charge in [0.15, 0.2) is 0 Å². The predicted octanol–water partition coefficient (Wildman–Crippen LogP) is 1.40. The van der Waals surface area contributed by atoms with Crippen LogP contribution in [0.5, 0.6) is 0 Å². The van der Waals surface area contributed by atoms with Crippen molar-refractivity contribution in [2.24, 2.45) is 5.73 Å². The normalized spacial score (nSPS) is 19.6. The highest BCUT2D eigenvalue weighted by Gasteiger charge is 2.42. The third kappa shape index (κ3) is 5.31. The highest BCUT2D eigenvalue weighted by atomic mass is 16.4. The summed E-state index contributed by atoms with van der Waals surface area (Å²) in [6.07, 6.45) is 0.411. The molecule has 4 unspecified atom stereocenters. The smallest absolute Gasteiger partial charge is 0.326 e. The molecule has 1 heterocycles. The SMILES string of the molecule is CC(N)C(=O)NC(Cc1cccc(C#N)c1)C(=O)N1CC(c2ccccc2)CC1C(=O)O. The Bertz CT molecular complexity index is 1030. The van der Waals surface area contributed by atoms with Gasteiger partial charge in [-0.05, 0) is 36.6 Å². The summed E-state index contributed by atoms with van der Waals surface area (Å²) < 4.78 is 0. The molecular formula is C24H26N4O4. The number of benzene rings is 2. The number of likely N-dealkylation sites (tertiary alicyclic amines) is 1. The van der Waals surface area contributed by atoms with E-state index in [1.54, 1.807) is 24.3 Å². The third-order valence-electron chi connectivity index (χ3n) is 5.66. The zero-order valence-corrected chi connectivity index (χ0v) is 17.8. The number of nitrogens with one attached hydrogen (secondary N) is 1. The van der Waals surface area contributed by atoms with Crippen LogP contribution in [0.1, 0.15) is 36.0 Å². The number of rotatable bonds is 7. The molecule has 4 atom stereocenters. The van der Waals surface area contributed by atoms with Crippen molar-refractivity contribution in [3.05, 3.63) is 71.3 Å². The van der Waals surface area contributed by atoms with Crippen molar-refractivity contribution in [1.29, 1.82) is 5.26 Å². The molecule has 166 valence electrons. The van der Waals surface area contributed by atoms with Crippen molar-refractivity contribution in [1.82, 2.24) is 10.2 Å². The zero-order valence-electron chi connectivity index (χ0n) is 17.8. The fourth-order valence-electron chi connectivity index (χ4n) is 3.99. The number of hydrogen-bond acceptors (Lipinski definition) is 5. The van der Waals surface area contributed by atoms with E-state index in [1.165, 1.54) is 11.8 Å². The average molecular weight is 434 g/mol. The van der Waals surface area contributed by atoms with Crippen LogP contribution in [0.2, 0.25) is 0 Å². The molecule has 1 aliphatic heterocycles. The third-order valence-corrected chi connectivity index (χ3v) is 5.66. The Hall–Kier alpha value is -3.70. The summed E-state index contributed by atoms with van der Waals surface area (Å²) in [6.45, 7) is 1.75. The quantitative estimate of drug-likeness (QED) is 0.603. The number of nitriles is 1. The summed E-state index contributed by atoms with van der Waals surface area (Å²) in [5, 5.41) is 21.6. The van der Waals surface area contributed by atoms with Crippen LogP contribution in [0.15, 0.2) is 54.6 Å². The maximum atomic E-state index is 13.5. The van der Waals surface area contributed by atoms with E-state index in [2.05, 4.69) is 5.32 Å². The van der Waals surface area contributed by atoms with E-state index in [1.807, 2.05) is 36.4 Å². The van der Waals surface area contributed by atoms with Crippen LogP contribution in [0.4, 0.5) is 0 Å². The molecule has 0 aromatic heterocycles. The van der Waals surface area contributed by atoms with Gasteiger partial charge >= 0.3 is 5.97 Å². The van der Waals surface area contributed by atoms with Crippen LogP contribution in [0, 0.1) is 11.3 Å². The Balaban J connectivity index is 1.88. The van der Waals surface area contributed by atoms with E-state index >= 15 is 0 Å². The molecule has 0 saturated carbocycles. The van der Waals surface area contributed by atoms with E-state index in [0.717, 1.165) is 5.56 Å². The molecule has 32 heavy (non-hydrogen) atoms. The minimum absolute atomic E-state index is 0.117. The number of nitrogens with two attached hydrogens (primary N) is 1. The molecule has 1 saturated heterocycles. The molecule has 8 heteroatoms. The molecule has 8 nitrogen and oxygen atoms in total. The zero-order chi connectivity index (χ0) is 23.3. The summed E-state index contributed by atoms with van der Waals surface area (Å²) in [4.78, 5) is 39.1. The van der Waals surface area contributed by atoms with Crippen LogP contribution < -0.4 is 11.1 Å². The van der Waals surface area contributed by atoms with Crippen LogP contribution in [-0.4, -0.2) is 52.5 Å². The lowest BCUT2D eigenvalue weighted by Gasteiger charge is -2.28. The van der Waals surface area contributed by atoms with E-state index in [-0.39, 0.29) is 18.9 Å². The molecule has 4 N–H and O–H groups in total. The van der Waals surface area contributed by atoms with Gasteiger partial charge in [-0.15, -0.1) is 0 Å². The van der Waals surface area contributed by atoms with Gasteiger partial charge in [-0.2, -0.15) is 5.26 Å². The fourth-order valence-corrected chi connectivity index (χ4v) is 3.99. The average Bonchev–Trinajstić information content (AvgIpc) is 3.24. The van der Waals surface area contributed by atoms with Crippen LogP contribution in [0.25, 0.3) is 0 Å². The standard InChI is InChI=1S/C24H26N4O4/c1-15(26)22(29)27-20(11-16-6-5-7-17(10-16)13-25)23(30)28-14-19(12-21(28)24(31)32)18-8-3-2-4-9-18/h2-10,15,19-21H,11-12,14,26H2,1H3,(H,27,29)(H,31,32). The largest absolute Gasteiger partial charge is 0.480 e. The van der Waals surface area contributed by atoms with E-state index in [0.29, 0.717) is 17.5 Å². The Morgan fingerprint density at radius 1 is 1.22 bits per heavy atom. The van der Waals surface area contributed by atoms with Gasteiger partial charge in [-0.1, -0.05) is 42.5 Å². The summed E-state index contributed by atoms with van der Waals surface area (Å²) in [7, 11) is 0. The molecule has 0 aliphatic carbocycles. The second-order valence-corrected chi connectivity index (χ2v) is 8.05. The van der Waals surface area contributed by atoms with Crippen molar-refractivity contribution in [2.75, 3.05) is 6.54 Å². The van der Waals surface area contributed by atoms with Crippen molar-refractivity contribution in [3.8, 4) is 6.07 Å². The molecule has 2 amide bonds. The van der Waals surface area contributed by atoms with Gasteiger partial charge < -0.3 is 21.1 Å². The predicted molar refractivity (Wildman–Crippen MR) is 117 cm³/mol. The summed E-state index contributed by atoms with van der Waals surface area (Å²) >= 11 is 0. The summed E-state index contributed by atoms with van der Waals surface area (Å²) in [5.41, 5.74) is 7.75. The second kappa shape index (κ2) is 10.1. The van der Waals surface area contributed by atoms with Gasteiger partial charge in [-0.25, -0.2) is 4.79 Å². The van der Waals surface area contributed by atoms with Gasteiger partial charge in [0.1, 0.15) is 12.1 Å². The van der Waals surface area contributed by atoms with Crippen molar-refractivity contribution < 1.29 is 19.5 Å². The van der Waals surface area contributed by atoms with Crippen molar-refractivity contribution >= 4 is 17.8 Å². The number of carboxylic acid groups (broad SMARTS) is 1. The first kappa shape index (κ1) is 23.0. The number of nitrogens with zero attached hydrogens (tertiary/aromatic N) is 2. The minimum Gasteiger partial charge on any atom is -0.480 e. The molecule has 1 fully saturated rings. The highest BCUT2D eigenvalue weighted by molar-refractivity contribution is 5.92. The number of carboxylic acids is 1. The number of carbonyl (C=O) groups excluding carboxylic acids is 2. The van der Waals surface area contributed by atoms with E-state index in [9.17, 15) is 19.5 Å². The lowest BCUT2D eigenvalue weighted by Crippen LogP contribution is -2.54. The number of amides is 2.